The average molecular weight is 349 g/mol. The number of amides is 1. The molecule has 0 fully saturated rings. The monoisotopic (exact) mass is 348 g/mol. The van der Waals surface area contributed by atoms with Crippen molar-refractivity contribution < 1.29 is 14.6 Å². The zero-order chi connectivity index (χ0) is 17.5. The van der Waals surface area contributed by atoms with Crippen molar-refractivity contribution in [2.24, 2.45) is 0 Å². The van der Waals surface area contributed by atoms with Gasteiger partial charge in [-0.2, -0.15) is 0 Å². The van der Waals surface area contributed by atoms with Gasteiger partial charge in [-0.1, -0.05) is 23.7 Å². The molecular formula is C18H21ClN2O3. The Hall–Kier alpha value is -2.24. The second-order valence-electron chi connectivity index (χ2n) is 5.41. The van der Waals surface area contributed by atoms with Gasteiger partial charge in [-0.05, 0) is 42.8 Å². The van der Waals surface area contributed by atoms with Crippen LogP contribution >= 0.6 is 11.6 Å². The topological polar surface area (TPSA) is 70.6 Å². The number of ether oxygens (including phenoxy) is 1. The van der Waals surface area contributed by atoms with E-state index in [1.54, 1.807) is 36.4 Å². The number of aromatic hydroxyl groups is 1. The van der Waals surface area contributed by atoms with Gasteiger partial charge in [0.25, 0.3) is 0 Å². The number of phenolic OH excluding ortho intramolecular Hbond substituents is 1. The number of methoxy groups -OCH3 is 1. The number of carbonyl (C=O) groups excluding carboxylic acids is 1. The Morgan fingerprint density at radius 2 is 2.08 bits per heavy atom. The fraction of sp³-hybridized carbons (Fsp3) is 0.278. The zero-order valence-corrected chi connectivity index (χ0v) is 14.4. The van der Waals surface area contributed by atoms with E-state index in [4.69, 9.17) is 16.3 Å². The molecular weight excluding hydrogens is 328 g/mol. The van der Waals surface area contributed by atoms with Crippen molar-refractivity contribution in [2.45, 2.75) is 19.4 Å². The Labute approximate surface area is 146 Å². The lowest BCUT2D eigenvalue weighted by Crippen LogP contribution is -2.24. The highest BCUT2D eigenvalue weighted by Crippen LogP contribution is 2.27. The molecule has 0 aliphatic carbocycles. The third-order valence-electron chi connectivity index (χ3n) is 3.61. The van der Waals surface area contributed by atoms with Crippen LogP contribution in [0.4, 0.5) is 5.69 Å². The van der Waals surface area contributed by atoms with Crippen LogP contribution in [-0.2, 0) is 4.79 Å². The summed E-state index contributed by atoms with van der Waals surface area (Å²) in [5.74, 6) is 0.659. The molecule has 0 radical (unpaired) electrons. The Balaban J connectivity index is 1.84. The maximum absolute atomic E-state index is 12.1. The molecule has 0 unspecified atom stereocenters. The van der Waals surface area contributed by atoms with Crippen molar-refractivity contribution in [3.63, 3.8) is 0 Å². The van der Waals surface area contributed by atoms with Crippen molar-refractivity contribution in [3.8, 4) is 11.5 Å². The first-order chi connectivity index (χ1) is 11.5. The summed E-state index contributed by atoms with van der Waals surface area (Å²) in [4.78, 5) is 12.1. The zero-order valence-electron chi connectivity index (χ0n) is 13.7. The lowest BCUT2D eigenvalue weighted by Gasteiger charge is -2.15. The minimum absolute atomic E-state index is 0.0330. The first-order valence-electron chi connectivity index (χ1n) is 7.65. The van der Waals surface area contributed by atoms with Crippen LogP contribution in [0.2, 0.25) is 5.02 Å². The molecule has 0 bridgehead atoms. The second-order valence-corrected chi connectivity index (χ2v) is 5.85. The number of benzene rings is 2. The van der Waals surface area contributed by atoms with Crippen molar-refractivity contribution in [3.05, 3.63) is 53.1 Å². The first kappa shape index (κ1) is 18.1. The fourth-order valence-corrected chi connectivity index (χ4v) is 2.48. The molecule has 0 aliphatic heterocycles. The summed E-state index contributed by atoms with van der Waals surface area (Å²) < 4.78 is 5.20. The molecule has 1 amide bonds. The summed E-state index contributed by atoms with van der Waals surface area (Å²) in [6, 6.07) is 12.1. The molecule has 2 aromatic rings. The molecule has 2 aromatic carbocycles. The molecule has 0 heterocycles. The highest BCUT2D eigenvalue weighted by Gasteiger charge is 2.10. The Kier molecular flexibility index (Phi) is 6.46. The van der Waals surface area contributed by atoms with Crippen molar-refractivity contribution in [2.75, 3.05) is 19.0 Å². The van der Waals surface area contributed by atoms with Crippen molar-refractivity contribution in [1.29, 1.82) is 0 Å². The lowest BCUT2D eigenvalue weighted by molar-refractivity contribution is -0.116. The molecule has 0 spiro atoms. The van der Waals surface area contributed by atoms with Gasteiger partial charge in [0.1, 0.15) is 11.5 Å². The largest absolute Gasteiger partial charge is 0.508 e. The molecule has 1 atom stereocenters. The lowest BCUT2D eigenvalue weighted by atomic mass is 10.1. The molecule has 0 aliphatic rings. The van der Waals surface area contributed by atoms with Gasteiger partial charge < -0.3 is 20.5 Å². The van der Waals surface area contributed by atoms with E-state index in [0.717, 1.165) is 5.56 Å². The molecule has 3 N–H and O–H groups in total. The van der Waals surface area contributed by atoms with Gasteiger partial charge in [-0.25, -0.2) is 0 Å². The number of carbonyl (C=O) groups is 1. The minimum Gasteiger partial charge on any atom is -0.508 e. The summed E-state index contributed by atoms with van der Waals surface area (Å²) in [6.07, 6.45) is 0.304. The van der Waals surface area contributed by atoms with Gasteiger partial charge in [-0.15, -0.1) is 0 Å². The Morgan fingerprint density at radius 3 is 2.79 bits per heavy atom. The standard InChI is InChI=1S/C18H21ClN2O3/c1-12(13-4-3-5-15(22)10-13)20-9-8-18(23)21-16-11-14(19)6-7-17(16)24-2/h3-7,10-12,20,22H,8-9H2,1-2H3,(H,21,23)/t12-/m0/s1. The third kappa shape index (κ3) is 5.15. The molecule has 0 saturated carbocycles. The molecule has 128 valence electrons. The highest BCUT2D eigenvalue weighted by atomic mass is 35.5. The van der Waals surface area contributed by atoms with Crippen LogP contribution in [0.15, 0.2) is 42.5 Å². The van der Waals surface area contributed by atoms with E-state index in [9.17, 15) is 9.90 Å². The number of hydrogen-bond donors (Lipinski definition) is 3. The fourth-order valence-electron chi connectivity index (χ4n) is 2.30. The Morgan fingerprint density at radius 1 is 1.29 bits per heavy atom. The van der Waals surface area contributed by atoms with E-state index in [-0.39, 0.29) is 17.7 Å². The van der Waals surface area contributed by atoms with E-state index >= 15 is 0 Å². The van der Waals surface area contributed by atoms with Gasteiger partial charge in [0, 0.05) is 24.0 Å². The molecule has 2 rings (SSSR count). The molecule has 6 heteroatoms. The van der Waals surface area contributed by atoms with Crippen molar-refractivity contribution >= 4 is 23.2 Å². The van der Waals surface area contributed by atoms with E-state index < -0.39 is 0 Å². The summed E-state index contributed by atoms with van der Waals surface area (Å²) in [5.41, 5.74) is 1.52. The third-order valence-corrected chi connectivity index (χ3v) is 3.84. The van der Waals surface area contributed by atoms with Gasteiger partial charge >= 0.3 is 0 Å². The molecule has 0 aromatic heterocycles. The molecule has 5 nitrogen and oxygen atoms in total. The van der Waals surface area contributed by atoms with Crippen LogP contribution in [0.25, 0.3) is 0 Å². The molecule has 0 saturated heterocycles. The maximum atomic E-state index is 12.1. The van der Waals surface area contributed by atoms with E-state index in [0.29, 0.717) is 29.4 Å². The van der Waals surface area contributed by atoms with Gasteiger partial charge in [0.2, 0.25) is 5.91 Å². The van der Waals surface area contributed by atoms with E-state index in [1.807, 2.05) is 13.0 Å². The number of anilines is 1. The number of rotatable bonds is 7. The minimum atomic E-state index is -0.133. The number of phenols is 1. The summed E-state index contributed by atoms with van der Waals surface area (Å²) in [7, 11) is 1.54. The SMILES string of the molecule is COc1ccc(Cl)cc1NC(=O)CCN[C@@H](C)c1cccc(O)c1. The smallest absolute Gasteiger partial charge is 0.225 e. The van der Waals surface area contributed by atoms with Crippen LogP contribution in [0, 0.1) is 0 Å². The summed E-state index contributed by atoms with van der Waals surface area (Å²) >= 11 is 5.94. The quantitative estimate of drug-likeness (QED) is 0.713. The van der Waals surface area contributed by atoms with Crippen LogP contribution < -0.4 is 15.4 Å². The van der Waals surface area contributed by atoms with Crippen LogP contribution in [0.3, 0.4) is 0 Å². The predicted molar refractivity (Wildman–Crippen MR) is 95.8 cm³/mol. The average Bonchev–Trinajstić information content (AvgIpc) is 2.55. The van der Waals surface area contributed by atoms with Crippen LogP contribution in [-0.4, -0.2) is 24.7 Å². The van der Waals surface area contributed by atoms with Crippen LogP contribution in [0.1, 0.15) is 24.9 Å². The van der Waals surface area contributed by atoms with Gasteiger partial charge in [-0.3, -0.25) is 4.79 Å². The highest BCUT2D eigenvalue weighted by molar-refractivity contribution is 6.31. The first-order valence-corrected chi connectivity index (χ1v) is 8.03. The van der Waals surface area contributed by atoms with Gasteiger partial charge in [0.15, 0.2) is 0 Å². The molecule has 24 heavy (non-hydrogen) atoms. The number of nitrogens with one attached hydrogen (secondary N) is 2. The van der Waals surface area contributed by atoms with E-state index in [2.05, 4.69) is 10.6 Å². The Bertz CT molecular complexity index is 706. The normalized spacial score (nSPS) is 11.8. The predicted octanol–water partition coefficient (Wildman–Crippen LogP) is 3.73. The number of hydrogen-bond acceptors (Lipinski definition) is 4. The maximum Gasteiger partial charge on any atom is 0.225 e. The van der Waals surface area contributed by atoms with Crippen LogP contribution in [0.5, 0.6) is 11.5 Å². The summed E-state index contributed by atoms with van der Waals surface area (Å²) in [6.45, 7) is 2.48. The van der Waals surface area contributed by atoms with Crippen molar-refractivity contribution in [1.82, 2.24) is 5.32 Å². The van der Waals surface area contributed by atoms with E-state index in [1.165, 1.54) is 7.11 Å². The van der Waals surface area contributed by atoms with Gasteiger partial charge in [0.05, 0.1) is 12.8 Å². The summed E-state index contributed by atoms with van der Waals surface area (Å²) in [5, 5.41) is 16.1. The second kappa shape index (κ2) is 8.57. The number of halogens is 1.